The number of ether oxygens (including phenoxy) is 2. The molecular formula is C21H27NO3. The predicted octanol–water partition coefficient (Wildman–Crippen LogP) is 4.89. The van der Waals surface area contributed by atoms with Crippen LogP contribution in [0.25, 0.3) is 0 Å². The number of anilines is 1. The second-order valence-corrected chi connectivity index (χ2v) is 6.39. The van der Waals surface area contributed by atoms with Crippen LogP contribution in [-0.2, 0) is 4.79 Å². The second kappa shape index (κ2) is 8.56. The first-order valence-corrected chi connectivity index (χ1v) is 8.71. The van der Waals surface area contributed by atoms with Crippen molar-refractivity contribution in [1.82, 2.24) is 0 Å². The molecule has 4 heteroatoms. The smallest absolute Gasteiger partial charge is 0.265 e. The molecule has 25 heavy (non-hydrogen) atoms. The highest BCUT2D eigenvalue weighted by Crippen LogP contribution is 2.23. The molecule has 0 saturated carbocycles. The van der Waals surface area contributed by atoms with Gasteiger partial charge in [0.1, 0.15) is 11.5 Å². The van der Waals surface area contributed by atoms with E-state index in [2.05, 4.69) is 5.32 Å². The fourth-order valence-corrected chi connectivity index (χ4v) is 2.44. The topological polar surface area (TPSA) is 47.6 Å². The molecule has 0 aliphatic carbocycles. The van der Waals surface area contributed by atoms with Crippen LogP contribution in [0.15, 0.2) is 42.5 Å². The summed E-state index contributed by atoms with van der Waals surface area (Å²) in [6.45, 7) is 9.93. The van der Waals surface area contributed by atoms with Crippen molar-refractivity contribution in [2.45, 2.75) is 53.2 Å². The van der Waals surface area contributed by atoms with Gasteiger partial charge >= 0.3 is 0 Å². The number of amides is 1. The summed E-state index contributed by atoms with van der Waals surface area (Å²) in [6, 6.07) is 13.2. The number of benzene rings is 2. The highest BCUT2D eigenvalue weighted by Gasteiger charge is 2.19. The lowest BCUT2D eigenvalue weighted by Gasteiger charge is -2.19. The molecule has 0 aromatic heterocycles. The number of rotatable bonds is 7. The molecule has 1 amide bonds. The lowest BCUT2D eigenvalue weighted by Crippen LogP contribution is -2.32. The highest BCUT2D eigenvalue weighted by molar-refractivity contribution is 5.94. The van der Waals surface area contributed by atoms with Crippen LogP contribution in [0.1, 0.15) is 38.3 Å². The molecule has 0 heterocycles. The zero-order chi connectivity index (χ0) is 18.4. The van der Waals surface area contributed by atoms with Crippen molar-refractivity contribution in [3.8, 4) is 11.5 Å². The Hall–Kier alpha value is -2.49. The summed E-state index contributed by atoms with van der Waals surface area (Å²) in [5.74, 6) is 1.38. The Morgan fingerprint density at radius 2 is 1.72 bits per heavy atom. The Bertz CT molecular complexity index is 708. The average molecular weight is 341 g/mol. The van der Waals surface area contributed by atoms with E-state index in [1.165, 1.54) is 0 Å². The van der Waals surface area contributed by atoms with Crippen molar-refractivity contribution in [3.63, 3.8) is 0 Å². The predicted molar refractivity (Wildman–Crippen MR) is 101 cm³/mol. The number of hydrogen-bond acceptors (Lipinski definition) is 3. The van der Waals surface area contributed by atoms with Gasteiger partial charge in [-0.05, 0) is 75.6 Å². The molecule has 2 rings (SSSR count). The van der Waals surface area contributed by atoms with Crippen LogP contribution in [0, 0.1) is 13.8 Å². The fraction of sp³-hybridized carbons (Fsp3) is 0.381. The zero-order valence-electron chi connectivity index (χ0n) is 15.6. The van der Waals surface area contributed by atoms with Crippen molar-refractivity contribution >= 4 is 11.6 Å². The first kappa shape index (κ1) is 18.8. The van der Waals surface area contributed by atoms with Gasteiger partial charge in [0.15, 0.2) is 6.10 Å². The van der Waals surface area contributed by atoms with Gasteiger partial charge in [0.2, 0.25) is 0 Å². The summed E-state index contributed by atoms with van der Waals surface area (Å²) in [5.41, 5.74) is 2.93. The molecule has 2 aromatic rings. The molecule has 4 nitrogen and oxygen atoms in total. The van der Waals surface area contributed by atoms with Crippen LogP contribution in [0.4, 0.5) is 5.69 Å². The minimum Gasteiger partial charge on any atom is -0.491 e. The van der Waals surface area contributed by atoms with E-state index in [1.54, 1.807) is 0 Å². The van der Waals surface area contributed by atoms with Crippen LogP contribution in [0.2, 0.25) is 0 Å². The zero-order valence-corrected chi connectivity index (χ0v) is 15.6. The lowest BCUT2D eigenvalue weighted by atomic mass is 10.1. The summed E-state index contributed by atoms with van der Waals surface area (Å²) in [7, 11) is 0. The molecule has 134 valence electrons. The summed E-state index contributed by atoms with van der Waals surface area (Å²) in [4.78, 5) is 12.5. The van der Waals surface area contributed by atoms with Crippen LogP contribution in [-0.4, -0.2) is 18.1 Å². The maximum Gasteiger partial charge on any atom is 0.265 e. The first-order valence-electron chi connectivity index (χ1n) is 8.71. The summed E-state index contributed by atoms with van der Waals surface area (Å²) < 4.78 is 11.6. The molecule has 0 saturated heterocycles. The van der Waals surface area contributed by atoms with Gasteiger partial charge in [0.05, 0.1) is 6.10 Å². The largest absolute Gasteiger partial charge is 0.491 e. The van der Waals surface area contributed by atoms with Crippen LogP contribution in [0.5, 0.6) is 11.5 Å². The van der Waals surface area contributed by atoms with Crippen molar-refractivity contribution in [2.75, 3.05) is 5.32 Å². The molecule has 1 N–H and O–H groups in total. The van der Waals surface area contributed by atoms with Gasteiger partial charge in [0, 0.05) is 5.69 Å². The standard InChI is InChI=1S/C21H27NO3/c1-6-19(25-20-9-7-8-15(4)16(20)5)21(23)22-17-10-12-18(13-11-17)24-14(2)3/h7-14,19H,6H2,1-5H3,(H,22,23)/t19-/m1/s1. The molecule has 1 atom stereocenters. The molecule has 0 spiro atoms. The lowest BCUT2D eigenvalue weighted by molar-refractivity contribution is -0.122. The van der Waals surface area contributed by atoms with Gasteiger partial charge in [-0.15, -0.1) is 0 Å². The molecule has 0 radical (unpaired) electrons. The Kier molecular flexibility index (Phi) is 6.45. The molecule has 0 fully saturated rings. The Balaban J connectivity index is 2.03. The monoisotopic (exact) mass is 341 g/mol. The van der Waals surface area contributed by atoms with Crippen molar-refractivity contribution in [1.29, 1.82) is 0 Å². The second-order valence-electron chi connectivity index (χ2n) is 6.39. The van der Waals surface area contributed by atoms with E-state index in [1.807, 2.05) is 77.1 Å². The third-order valence-corrected chi connectivity index (χ3v) is 3.98. The summed E-state index contributed by atoms with van der Waals surface area (Å²) in [5, 5.41) is 2.91. The van der Waals surface area contributed by atoms with E-state index < -0.39 is 6.10 Å². The van der Waals surface area contributed by atoms with Crippen LogP contribution >= 0.6 is 0 Å². The quantitative estimate of drug-likeness (QED) is 0.780. The van der Waals surface area contributed by atoms with E-state index in [9.17, 15) is 4.79 Å². The minimum atomic E-state index is -0.535. The first-order chi connectivity index (χ1) is 11.9. The van der Waals surface area contributed by atoms with E-state index in [-0.39, 0.29) is 12.0 Å². The van der Waals surface area contributed by atoms with Gasteiger partial charge in [-0.1, -0.05) is 19.1 Å². The summed E-state index contributed by atoms with van der Waals surface area (Å²) in [6.07, 6.45) is 0.177. The number of aryl methyl sites for hydroxylation is 1. The normalized spacial score (nSPS) is 11.9. The van der Waals surface area contributed by atoms with Gasteiger partial charge < -0.3 is 14.8 Å². The molecule has 0 bridgehead atoms. The molecule has 0 unspecified atom stereocenters. The molecule has 0 aliphatic rings. The molecular weight excluding hydrogens is 314 g/mol. The Labute approximate surface area is 150 Å². The maximum absolute atomic E-state index is 12.5. The van der Waals surface area contributed by atoms with E-state index in [4.69, 9.17) is 9.47 Å². The number of hydrogen-bond donors (Lipinski definition) is 1. The SMILES string of the molecule is CC[C@@H](Oc1cccc(C)c1C)C(=O)Nc1ccc(OC(C)C)cc1. The Morgan fingerprint density at radius 3 is 2.32 bits per heavy atom. The van der Waals surface area contributed by atoms with Crippen molar-refractivity contribution < 1.29 is 14.3 Å². The minimum absolute atomic E-state index is 0.121. The summed E-state index contributed by atoms with van der Waals surface area (Å²) >= 11 is 0. The van der Waals surface area contributed by atoms with Crippen LogP contribution < -0.4 is 14.8 Å². The average Bonchev–Trinajstić information content (AvgIpc) is 2.57. The Morgan fingerprint density at radius 1 is 1.04 bits per heavy atom. The number of carbonyl (C=O) groups excluding carboxylic acids is 1. The van der Waals surface area contributed by atoms with E-state index >= 15 is 0 Å². The van der Waals surface area contributed by atoms with Crippen molar-refractivity contribution in [2.24, 2.45) is 0 Å². The third kappa shape index (κ3) is 5.24. The van der Waals surface area contributed by atoms with Gasteiger partial charge in [-0.3, -0.25) is 4.79 Å². The molecule has 0 aliphatic heterocycles. The fourth-order valence-electron chi connectivity index (χ4n) is 2.44. The van der Waals surface area contributed by atoms with Crippen molar-refractivity contribution in [3.05, 3.63) is 53.6 Å². The van der Waals surface area contributed by atoms with E-state index in [0.29, 0.717) is 6.42 Å². The highest BCUT2D eigenvalue weighted by atomic mass is 16.5. The number of nitrogens with one attached hydrogen (secondary N) is 1. The third-order valence-electron chi connectivity index (χ3n) is 3.98. The maximum atomic E-state index is 12.5. The van der Waals surface area contributed by atoms with Gasteiger partial charge in [0.25, 0.3) is 5.91 Å². The van der Waals surface area contributed by atoms with Gasteiger partial charge in [-0.2, -0.15) is 0 Å². The number of carbonyl (C=O) groups is 1. The molecule has 2 aromatic carbocycles. The van der Waals surface area contributed by atoms with Gasteiger partial charge in [-0.25, -0.2) is 0 Å². The van der Waals surface area contributed by atoms with Crippen LogP contribution in [0.3, 0.4) is 0 Å². The van der Waals surface area contributed by atoms with E-state index in [0.717, 1.165) is 28.3 Å².